The molecule has 1 N–H and O–H groups in total. The van der Waals surface area contributed by atoms with Gasteiger partial charge in [0.25, 0.3) is 0 Å². The number of nitrogens with zero attached hydrogens (tertiary/aromatic N) is 1. The van der Waals surface area contributed by atoms with Crippen LogP contribution >= 0.6 is 0 Å². The van der Waals surface area contributed by atoms with Crippen molar-refractivity contribution in [2.24, 2.45) is 0 Å². The van der Waals surface area contributed by atoms with E-state index in [0.29, 0.717) is 6.42 Å². The molecule has 0 spiro atoms. The lowest BCUT2D eigenvalue weighted by Gasteiger charge is -2.01. The number of furan rings is 1. The monoisotopic (exact) mass is 192 g/mol. The molecule has 1 aromatic rings. The van der Waals surface area contributed by atoms with Gasteiger partial charge in [-0.1, -0.05) is 0 Å². The molecule has 14 heavy (non-hydrogen) atoms. The highest BCUT2D eigenvalue weighted by molar-refractivity contribution is 4.98. The molecule has 3 nitrogen and oxygen atoms in total. The number of hydrogen-bond acceptors (Lipinski definition) is 3. The van der Waals surface area contributed by atoms with Gasteiger partial charge in [0.05, 0.1) is 12.3 Å². The molecule has 0 aliphatic rings. The van der Waals surface area contributed by atoms with Crippen molar-refractivity contribution in [3.8, 4) is 6.07 Å². The van der Waals surface area contributed by atoms with Crippen LogP contribution in [0.1, 0.15) is 25.0 Å². The summed E-state index contributed by atoms with van der Waals surface area (Å²) in [6.45, 7) is 1.93. The molecule has 0 bridgehead atoms. The maximum absolute atomic E-state index is 8.31. The molecular formula is C11H16N2O. The van der Waals surface area contributed by atoms with E-state index >= 15 is 0 Å². The van der Waals surface area contributed by atoms with Gasteiger partial charge in [-0.25, -0.2) is 0 Å². The molecule has 0 saturated carbocycles. The molecule has 0 fully saturated rings. The van der Waals surface area contributed by atoms with Crippen molar-refractivity contribution in [3.05, 3.63) is 24.2 Å². The lowest BCUT2D eigenvalue weighted by atomic mass is 10.2. The quantitative estimate of drug-likeness (QED) is 0.673. The van der Waals surface area contributed by atoms with E-state index in [9.17, 15) is 0 Å². The van der Waals surface area contributed by atoms with Crippen LogP contribution in [0.5, 0.6) is 0 Å². The summed E-state index contributed by atoms with van der Waals surface area (Å²) in [5.74, 6) is 1.02. The lowest BCUT2D eigenvalue weighted by molar-refractivity contribution is 0.497. The largest absolute Gasteiger partial charge is 0.469 e. The van der Waals surface area contributed by atoms with Crippen LogP contribution in [0.4, 0.5) is 0 Å². The van der Waals surface area contributed by atoms with E-state index in [1.807, 2.05) is 12.1 Å². The van der Waals surface area contributed by atoms with Crippen LogP contribution in [-0.4, -0.2) is 13.1 Å². The van der Waals surface area contributed by atoms with Crippen LogP contribution in [-0.2, 0) is 6.42 Å². The molecule has 0 atom stereocenters. The molecule has 0 aliphatic carbocycles. The van der Waals surface area contributed by atoms with E-state index < -0.39 is 0 Å². The Hall–Kier alpha value is -1.27. The smallest absolute Gasteiger partial charge is 0.105 e. The summed E-state index contributed by atoms with van der Waals surface area (Å²) in [4.78, 5) is 0. The van der Waals surface area contributed by atoms with Gasteiger partial charge in [-0.2, -0.15) is 5.26 Å². The summed E-state index contributed by atoms with van der Waals surface area (Å²) in [6, 6.07) is 6.03. The van der Waals surface area contributed by atoms with E-state index in [4.69, 9.17) is 9.68 Å². The minimum Gasteiger partial charge on any atom is -0.469 e. The Labute approximate surface area is 84.7 Å². The average molecular weight is 192 g/mol. The second-order valence-electron chi connectivity index (χ2n) is 3.19. The summed E-state index contributed by atoms with van der Waals surface area (Å²) in [5, 5.41) is 11.6. The first-order chi connectivity index (χ1) is 6.93. The molecule has 0 saturated heterocycles. The predicted octanol–water partition coefficient (Wildman–Crippen LogP) is 2.11. The fraction of sp³-hybridized carbons (Fsp3) is 0.545. The Morgan fingerprint density at radius 3 is 3.00 bits per heavy atom. The summed E-state index contributed by atoms with van der Waals surface area (Å²) < 4.78 is 5.20. The first kappa shape index (κ1) is 10.8. The number of hydrogen-bond donors (Lipinski definition) is 1. The molecule has 1 aromatic heterocycles. The Bertz CT molecular complexity index is 261. The molecule has 0 unspecified atom stereocenters. The second-order valence-corrected chi connectivity index (χ2v) is 3.19. The summed E-state index contributed by atoms with van der Waals surface area (Å²) >= 11 is 0. The van der Waals surface area contributed by atoms with E-state index in [1.165, 1.54) is 0 Å². The normalized spacial score (nSPS) is 9.93. The summed E-state index contributed by atoms with van der Waals surface area (Å²) in [6.07, 6.45) is 5.36. The molecule has 0 aromatic carbocycles. The van der Waals surface area contributed by atoms with E-state index in [1.54, 1.807) is 6.26 Å². The highest BCUT2D eigenvalue weighted by Gasteiger charge is 1.94. The number of nitrogens with one attached hydrogen (secondary N) is 1. The Kier molecular flexibility index (Phi) is 5.53. The lowest BCUT2D eigenvalue weighted by Crippen LogP contribution is -2.18. The van der Waals surface area contributed by atoms with Crippen LogP contribution in [0, 0.1) is 11.3 Å². The summed E-state index contributed by atoms with van der Waals surface area (Å²) in [5.41, 5.74) is 0. The third-order valence-electron chi connectivity index (χ3n) is 2.02. The molecule has 0 aliphatic heterocycles. The van der Waals surface area contributed by atoms with Crippen molar-refractivity contribution < 1.29 is 4.42 Å². The van der Waals surface area contributed by atoms with Crippen LogP contribution in [0.2, 0.25) is 0 Å². The van der Waals surface area contributed by atoms with E-state index in [2.05, 4.69) is 11.4 Å². The van der Waals surface area contributed by atoms with E-state index in [0.717, 1.165) is 38.1 Å². The van der Waals surface area contributed by atoms with E-state index in [-0.39, 0.29) is 0 Å². The fourth-order valence-corrected chi connectivity index (χ4v) is 1.25. The van der Waals surface area contributed by atoms with Crippen LogP contribution in [0.25, 0.3) is 0 Å². The standard InChI is InChI=1S/C11H16N2O/c12-7-2-1-3-8-13-9-6-11-5-4-10-14-11/h4-5,10,13H,1-3,6,8-9H2. The van der Waals surface area contributed by atoms with Gasteiger partial charge in [-0.3, -0.25) is 0 Å². The van der Waals surface area contributed by atoms with Crippen molar-refractivity contribution in [2.45, 2.75) is 25.7 Å². The fourth-order valence-electron chi connectivity index (χ4n) is 1.25. The molecule has 1 rings (SSSR count). The van der Waals surface area contributed by atoms with Gasteiger partial charge in [-0.05, 0) is 31.5 Å². The summed E-state index contributed by atoms with van der Waals surface area (Å²) in [7, 11) is 0. The number of rotatable bonds is 7. The molecule has 0 radical (unpaired) electrons. The Morgan fingerprint density at radius 2 is 2.29 bits per heavy atom. The molecule has 3 heteroatoms. The van der Waals surface area contributed by atoms with Crippen LogP contribution in [0.15, 0.2) is 22.8 Å². The first-order valence-corrected chi connectivity index (χ1v) is 5.03. The maximum Gasteiger partial charge on any atom is 0.105 e. The highest BCUT2D eigenvalue weighted by Crippen LogP contribution is 1.99. The molecule has 1 heterocycles. The van der Waals surface area contributed by atoms with Gasteiger partial charge >= 0.3 is 0 Å². The van der Waals surface area contributed by atoms with Crippen molar-refractivity contribution in [2.75, 3.05) is 13.1 Å². The minimum absolute atomic E-state index is 0.667. The van der Waals surface area contributed by atoms with Gasteiger partial charge in [0.1, 0.15) is 5.76 Å². The van der Waals surface area contributed by atoms with Gasteiger partial charge in [0.2, 0.25) is 0 Å². The predicted molar refractivity (Wildman–Crippen MR) is 54.7 cm³/mol. The number of unbranched alkanes of at least 4 members (excludes halogenated alkanes) is 2. The van der Waals surface area contributed by atoms with Gasteiger partial charge in [-0.15, -0.1) is 0 Å². The third kappa shape index (κ3) is 4.68. The zero-order valence-corrected chi connectivity index (χ0v) is 8.33. The van der Waals surface area contributed by atoms with Crippen molar-refractivity contribution in [1.82, 2.24) is 5.32 Å². The molecular weight excluding hydrogens is 176 g/mol. The van der Waals surface area contributed by atoms with Crippen molar-refractivity contribution in [3.63, 3.8) is 0 Å². The SMILES string of the molecule is N#CCCCCNCCc1ccco1. The maximum atomic E-state index is 8.31. The average Bonchev–Trinajstić information content (AvgIpc) is 2.69. The van der Waals surface area contributed by atoms with Gasteiger partial charge < -0.3 is 9.73 Å². The van der Waals surface area contributed by atoms with Crippen LogP contribution in [0.3, 0.4) is 0 Å². The Morgan fingerprint density at radius 1 is 1.36 bits per heavy atom. The number of nitriles is 1. The van der Waals surface area contributed by atoms with Crippen LogP contribution < -0.4 is 5.32 Å². The van der Waals surface area contributed by atoms with Crippen molar-refractivity contribution in [1.29, 1.82) is 5.26 Å². The zero-order valence-electron chi connectivity index (χ0n) is 8.33. The van der Waals surface area contributed by atoms with Gasteiger partial charge in [0.15, 0.2) is 0 Å². The highest BCUT2D eigenvalue weighted by atomic mass is 16.3. The molecule has 76 valence electrons. The zero-order chi connectivity index (χ0) is 10.1. The second kappa shape index (κ2) is 7.16. The van der Waals surface area contributed by atoms with Crippen molar-refractivity contribution >= 4 is 0 Å². The molecule has 0 amide bonds. The topological polar surface area (TPSA) is 49.0 Å². The Balaban J connectivity index is 1.88. The minimum atomic E-state index is 0.667. The van der Waals surface area contributed by atoms with Gasteiger partial charge in [0, 0.05) is 19.4 Å². The third-order valence-corrected chi connectivity index (χ3v) is 2.02. The first-order valence-electron chi connectivity index (χ1n) is 5.03.